The van der Waals surface area contributed by atoms with Crippen molar-refractivity contribution in [3.8, 4) is 0 Å². The summed E-state index contributed by atoms with van der Waals surface area (Å²) in [6.45, 7) is 0. The molecule has 0 bridgehead atoms. The minimum absolute atomic E-state index is 0.161. The van der Waals surface area contributed by atoms with Gasteiger partial charge in [0.15, 0.2) is 0 Å². The van der Waals surface area contributed by atoms with Gasteiger partial charge in [0.05, 0.1) is 12.5 Å². The first kappa shape index (κ1) is 13.6. The summed E-state index contributed by atoms with van der Waals surface area (Å²) >= 11 is 5.69. The molecule has 0 aliphatic heterocycles. The van der Waals surface area contributed by atoms with Gasteiger partial charge in [-0.15, -0.1) is 0 Å². The molecule has 2 atom stereocenters. The summed E-state index contributed by atoms with van der Waals surface area (Å²) in [6, 6.07) is 4.26. The molecule has 0 saturated carbocycles. The molecule has 6 heteroatoms. The van der Waals surface area contributed by atoms with Gasteiger partial charge in [-0.2, -0.15) is 0 Å². The molecule has 0 aliphatic rings. The minimum Gasteiger partial charge on any atom is -0.390 e. The summed E-state index contributed by atoms with van der Waals surface area (Å²) in [5.74, 6) is -0.738. The lowest BCUT2D eigenvalue weighted by atomic mass is 9.97. The largest absolute Gasteiger partial charge is 0.390 e. The molecule has 5 nitrogen and oxygen atoms in total. The van der Waals surface area contributed by atoms with Crippen LogP contribution in [0.15, 0.2) is 18.2 Å². The monoisotopic (exact) mass is 257 g/mol. The maximum atomic E-state index is 10.8. The number of carbonyl (C=O) groups is 2. The van der Waals surface area contributed by atoms with Gasteiger partial charge < -0.3 is 15.9 Å². The van der Waals surface area contributed by atoms with Crippen molar-refractivity contribution in [1.29, 1.82) is 0 Å². The quantitative estimate of drug-likeness (QED) is 0.666. The van der Waals surface area contributed by atoms with E-state index >= 15 is 0 Å². The zero-order valence-electron chi connectivity index (χ0n) is 8.84. The highest BCUT2D eigenvalue weighted by molar-refractivity contribution is 6.30. The number of aldehydes is 1. The Morgan fingerprint density at radius 3 is 2.65 bits per heavy atom. The Balaban J connectivity index is 2.98. The minimum atomic E-state index is -1.36. The molecule has 0 aliphatic carbocycles. The summed E-state index contributed by atoms with van der Waals surface area (Å²) in [5, 5.41) is 19.7. The first-order valence-corrected chi connectivity index (χ1v) is 5.22. The Labute approximate surface area is 103 Å². The molecule has 0 aromatic heterocycles. The number of aliphatic hydroxyl groups is 2. The second-order valence-electron chi connectivity index (χ2n) is 3.57. The van der Waals surface area contributed by atoms with Gasteiger partial charge >= 0.3 is 0 Å². The predicted octanol–water partition coefficient (Wildman–Crippen LogP) is 0.422. The van der Waals surface area contributed by atoms with Gasteiger partial charge in [-0.25, -0.2) is 0 Å². The molecule has 1 aromatic rings. The van der Waals surface area contributed by atoms with Crippen LogP contribution < -0.4 is 5.73 Å². The number of carbonyl (C=O) groups excluding carboxylic acids is 2. The third-order valence-corrected chi connectivity index (χ3v) is 2.50. The van der Waals surface area contributed by atoms with Crippen LogP contribution in [0.4, 0.5) is 0 Å². The fourth-order valence-electron chi connectivity index (χ4n) is 1.44. The van der Waals surface area contributed by atoms with Gasteiger partial charge in [0, 0.05) is 10.6 Å². The van der Waals surface area contributed by atoms with Crippen LogP contribution in [0, 0.1) is 0 Å². The molecule has 2 unspecified atom stereocenters. The maximum Gasteiger partial charge on any atom is 0.220 e. The topological polar surface area (TPSA) is 101 Å². The standard InChI is InChI=1S/C11H12ClNO4/c12-7-1-2-8(6(3-7)5-14)11(17)9(15)4-10(13)16/h1-3,5,9,11,15,17H,4H2,(H2,13,16). The number of aliphatic hydroxyl groups excluding tert-OH is 2. The van der Waals surface area contributed by atoms with Crippen LogP contribution in [0.25, 0.3) is 0 Å². The molecule has 0 spiro atoms. The van der Waals surface area contributed by atoms with E-state index in [1.165, 1.54) is 18.2 Å². The van der Waals surface area contributed by atoms with Crippen LogP contribution in [0.5, 0.6) is 0 Å². The average Bonchev–Trinajstić information content (AvgIpc) is 2.27. The number of hydrogen-bond donors (Lipinski definition) is 3. The number of benzene rings is 1. The van der Waals surface area contributed by atoms with Crippen LogP contribution in [0.2, 0.25) is 5.02 Å². The molecule has 1 rings (SSSR count). The predicted molar refractivity (Wildman–Crippen MR) is 61.6 cm³/mol. The number of halogens is 1. The van der Waals surface area contributed by atoms with Crippen molar-refractivity contribution in [1.82, 2.24) is 0 Å². The van der Waals surface area contributed by atoms with Gasteiger partial charge in [-0.05, 0) is 17.7 Å². The van der Waals surface area contributed by atoms with Crippen molar-refractivity contribution in [2.45, 2.75) is 18.6 Å². The normalized spacial score (nSPS) is 14.1. The highest BCUT2D eigenvalue weighted by Crippen LogP contribution is 2.24. The van der Waals surface area contributed by atoms with Crippen molar-refractivity contribution in [2.24, 2.45) is 5.73 Å². The SMILES string of the molecule is NC(=O)CC(O)C(O)c1ccc(Cl)cc1C=O. The van der Waals surface area contributed by atoms with Crippen molar-refractivity contribution in [3.63, 3.8) is 0 Å². The molecule has 0 saturated heterocycles. The molecule has 17 heavy (non-hydrogen) atoms. The average molecular weight is 258 g/mol. The van der Waals surface area contributed by atoms with Gasteiger partial charge in [-0.3, -0.25) is 9.59 Å². The summed E-state index contributed by atoms with van der Waals surface area (Å²) in [6.07, 6.45) is -2.59. The molecule has 1 amide bonds. The van der Waals surface area contributed by atoms with Crippen molar-refractivity contribution in [2.75, 3.05) is 0 Å². The Morgan fingerprint density at radius 2 is 2.12 bits per heavy atom. The molecule has 0 radical (unpaired) electrons. The summed E-state index contributed by atoms with van der Waals surface area (Å²) in [4.78, 5) is 21.4. The Kier molecular flexibility index (Phi) is 4.62. The molecular weight excluding hydrogens is 246 g/mol. The summed E-state index contributed by atoms with van der Waals surface area (Å²) < 4.78 is 0. The van der Waals surface area contributed by atoms with E-state index in [-0.39, 0.29) is 17.5 Å². The zero-order valence-corrected chi connectivity index (χ0v) is 9.59. The van der Waals surface area contributed by atoms with Crippen LogP contribution >= 0.6 is 11.6 Å². The van der Waals surface area contributed by atoms with E-state index in [1.807, 2.05) is 0 Å². The van der Waals surface area contributed by atoms with E-state index in [0.717, 1.165) is 0 Å². The van der Waals surface area contributed by atoms with E-state index < -0.39 is 18.1 Å². The first-order chi connectivity index (χ1) is 7.95. The lowest BCUT2D eigenvalue weighted by molar-refractivity contribution is -0.121. The lowest BCUT2D eigenvalue weighted by Gasteiger charge is -2.18. The van der Waals surface area contributed by atoms with Crippen LogP contribution in [0.3, 0.4) is 0 Å². The first-order valence-electron chi connectivity index (χ1n) is 4.84. The van der Waals surface area contributed by atoms with E-state index in [9.17, 15) is 19.8 Å². The van der Waals surface area contributed by atoms with Crippen molar-refractivity contribution in [3.05, 3.63) is 34.3 Å². The maximum absolute atomic E-state index is 10.8. The second kappa shape index (κ2) is 5.77. The van der Waals surface area contributed by atoms with Crippen LogP contribution in [0.1, 0.15) is 28.4 Å². The van der Waals surface area contributed by atoms with Gasteiger partial charge in [0.1, 0.15) is 12.4 Å². The fourth-order valence-corrected chi connectivity index (χ4v) is 1.62. The highest BCUT2D eigenvalue weighted by Gasteiger charge is 2.22. The van der Waals surface area contributed by atoms with Crippen LogP contribution in [-0.2, 0) is 4.79 Å². The molecule has 0 fully saturated rings. The summed E-state index contributed by atoms with van der Waals surface area (Å²) in [7, 11) is 0. The van der Waals surface area contributed by atoms with Crippen LogP contribution in [-0.4, -0.2) is 28.5 Å². The fraction of sp³-hybridized carbons (Fsp3) is 0.273. The van der Waals surface area contributed by atoms with E-state index in [0.29, 0.717) is 11.3 Å². The number of rotatable bonds is 5. The lowest BCUT2D eigenvalue weighted by Crippen LogP contribution is -2.26. The Bertz CT molecular complexity index is 435. The second-order valence-corrected chi connectivity index (χ2v) is 4.01. The third kappa shape index (κ3) is 3.52. The van der Waals surface area contributed by atoms with E-state index in [2.05, 4.69) is 0 Å². The van der Waals surface area contributed by atoms with Crippen molar-refractivity contribution >= 4 is 23.8 Å². The van der Waals surface area contributed by atoms with Gasteiger partial charge in [0.2, 0.25) is 5.91 Å². The zero-order chi connectivity index (χ0) is 13.0. The molecular formula is C11H12ClNO4. The van der Waals surface area contributed by atoms with Crippen molar-refractivity contribution < 1.29 is 19.8 Å². The third-order valence-electron chi connectivity index (χ3n) is 2.27. The Hall–Kier alpha value is -1.43. The van der Waals surface area contributed by atoms with Gasteiger partial charge in [-0.1, -0.05) is 17.7 Å². The number of nitrogens with two attached hydrogens (primary N) is 1. The van der Waals surface area contributed by atoms with E-state index in [1.54, 1.807) is 0 Å². The highest BCUT2D eigenvalue weighted by atomic mass is 35.5. The Morgan fingerprint density at radius 1 is 1.47 bits per heavy atom. The molecule has 0 heterocycles. The number of amides is 1. The smallest absolute Gasteiger partial charge is 0.220 e. The number of hydrogen-bond acceptors (Lipinski definition) is 4. The number of primary amides is 1. The molecule has 1 aromatic carbocycles. The van der Waals surface area contributed by atoms with E-state index in [4.69, 9.17) is 17.3 Å². The van der Waals surface area contributed by atoms with Gasteiger partial charge in [0.25, 0.3) is 0 Å². The summed E-state index contributed by atoms with van der Waals surface area (Å²) in [5.41, 5.74) is 5.27. The molecule has 92 valence electrons. The molecule has 4 N–H and O–H groups in total.